The van der Waals surface area contributed by atoms with E-state index in [-0.39, 0.29) is 29.3 Å². The summed E-state index contributed by atoms with van der Waals surface area (Å²) in [6, 6.07) is 2.58. The van der Waals surface area contributed by atoms with Crippen LogP contribution < -0.4 is 14.8 Å². The third-order valence-electron chi connectivity index (χ3n) is 2.70. The summed E-state index contributed by atoms with van der Waals surface area (Å²) >= 11 is 0. The van der Waals surface area contributed by atoms with E-state index in [1.807, 2.05) is 0 Å². The van der Waals surface area contributed by atoms with Gasteiger partial charge in [-0.15, -0.1) is 5.10 Å². The summed E-state index contributed by atoms with van der Waals surface area (Å²) in [4.78, 5) is 23.1. The number of methoxy groups -OCH3 is 2. The molecule has 2 rings (SSSR count). The number of ether oxygens (including phenoxy) is 2. The number of carbonyl (C=O) groups excluding carboxylic acids is 1. The van der Waals surface area contributed by atoms with Gasteiger partial charge in [-0.05, 0) is 22.6 Å². The average molecular weight is 307 g/mol. The third-order valence-corrected chi connectivity index (χ3v) is 2.70. The highest BCUT2D eigenvalue weighted by atomic mass is 16.5. The molecule has 10 heteroatoms. The number of tetrazole rings is 1. The van der Waals surface area contributed by atoms with Crippen LogP contribution >= 0.6 is 0 Å². The summed E-state index contributed by atoms with van der Waals surface area (Å²) < 4.78 is 11.5. The highest BCUT2D eigenvalue weighted by molar-refractivity contribution is 5.96. The number of carbonyl (C=O) groups is 2. The number of anilines is 1. The molecule has 0 bridgehead atoms. The molecule has 1 amide bonds. The van der Waals surface area contributed by atoms with E-state index in [1.165, 1.54) is 37.4 Å². The molecule has 1 aromatic heterocycles. The van der Waals surface area contributed by atoms with Crippen LogP contribution in [0.25, 0.3) is 0 Å². The maximum atomic E-state index is 12.0. The molecule has 0 saturated heterocycles. The lowest BCUT2D eigenvalue weighted by Crippen LogP contribution is -2.20. The van der Waals surface area contributed by atoms with E-state index >= 15 is 0 Å². The molecule has 1 heterocycles. The summed E-state index contributed by atoms with van der Waals surface area (Å²) in [6.07, 6.45) is 1.28. The molecule has 0 aliphatic carbocycles. The number of benzene rings is 1. The first-order valence-corrected chi connectivity index (χ1v) is 6.05. The van der Waals surface area contributed by atoms with E-state index < -0.39 is 11.9 Å². The molecule has 0 saturated carbocycles. The Bertz CT molecular complexity index is 685. The van der Waals surface area contributed by atoms with E-state index in [2.05, 4.69) is 20.8 Å². The maximum Gasteiger partial charge on any atom is 0.335 e. The number of hydrogen-bond donors (Lipinski definition) is 2. The Balaban J connectivity index is 2.29. The molecular formula is C12H13N5O5. The molecule has 22 heavy (non-hydrogen) atoms. The zero-order chi connectivity index (χ0) is 16.1. The number of amides is 1. The number of nitrogens with zero attached hydrogens (tertiary/aromatic N) is 4. The van der Waals surface area contributed by atoms with Crippen LogP contribution in [0.4, 0.5) is 5.69 Å². The van der Waals surface area contributed by atoms with Crippen molar-refractivity contribution in [3.05, 3.63) is 24.0 Å². The Kier molecular flexibility index (Phi) is 4.51. The number of aromatic nitrogens is 4. The molecule has 0 radical (unpaired) electrons. The lowest BCUT2D eigenvalue weighted by atomic mass is 10.1. The second kappa shape index (κ2) is 6.52. The van der Waals surface area contributed by atoms with Crippen LogP contribution in [0.1, 0.15) is 10.4 Å². The maximum absolute atomic E-state index is 12.0. The lowest BCUT2D eigenvalue weighted by Gasteiger charge is -2.14. The van der Waals surface area contributed by atoms with E-state index in [1.54, 1.807) is 0 Å². The Hall–Kier alpha value is -3.17. The van der Waals surface area contributed by atoms with Gasteiger partial charge in [0.1, 0.15) is 12.9 Å². The molecule has 1 aromatic carbocycles. The Labute approximate surface area is 124 Å². The van der Waals surface area contributed by atoms with Crippen LogP contribution in [0.15, 0.2) is 18.5 Å². The first-order valence-electron chi connectivity index (χ1n) is 6.05. The molecule has 0 aliphatic heterocycles. The number of hydrogen-bond acceptors (Lipinski definition) is 7. The van der Waals surface area contributed by atoms with Gasteiger partial charge in [0.2, 0.25) is 5.91 Å². The van der Waals surface area contributed by atoms with E-state index in [9.17, 15) is 9.59 Å². The van der Waals surface area contributed by atoms with Gasteiger partial charge in [0, 0.05) is 0 Å². The van der Waals surface area contributed by atoms with Crippen LogP contribution in [0, 0.1) is 0 Å². The fraction of sp³-hybridized carbons (Fsp3) is 0.250. The molecular weight excluding hydrogens is 294 g/mol. The Morgan fingerprint density at radius 1 is 1.32 bits per heavy atom. The van der Waals surface area contributed by atoms with Crippen LogP contribution in [0.3, 0.4) is 0 Å². The van der Waals surface area contributed by atoms with E-state index in [4.69, 9.17) is 14.6 Å². The zero-order valence-electron chi connectivity index (χ0n) is 11.8. The number of aromatic carboxylic acids is 1. The normalized spacial score (nSPS) is 10.1. The lowest BCUT2D eigenvalue weighted by molar-refractivity contribution is -0.116. The monoisotopic (exact) mass is 307 g/mol. The molecule has 0 unspecified atom stereocenters. The predicted octanol–water partition coefficient (Wildman–Crippen LogP) is 0.0272. The molecule has 10 nitrogen and oxygen atoms in total. The summed E-state index contributed by atoms with van der Waals surface area (Å²) in [7, 11) is 2.76. The van der Waals surface area contributed by atoms with Gasteiger partial charge in [-0.3, -0.25) is 4.79 Å². The molecule has 0 spiro atoms. The smallest absolute Gasteiger partial charge is 0.335 e. The first-order chi connectivity index (χ1) is 10.5. The standard InChI is InChI=1S/C12H13N5O5/c1-21-9-4-7(12(19)20)3-8(11(9)22-2)14-10(18)5-17-6-13-15-16-17/h3-4,6H,5H2,1-2H3,(H,14,18)(H,19,20). The van der Waals surface area contributed by atoms with Crippen LogP contribution in [0.5, 0.6) is 11.5 Å². The van der Waals surface area contributed by atoms with Crippen molar-refractivity contribution >= 4 is 17.6 Å². The minimum absolute atomic E-state index is 0.0460. The SMILES string of the molecule is COc1cc(C(=O)O)cc(NC(=O)Cn2cnnn2)c1OC. The van der Waals surface area contributed by atoms with Crippen LogP contribution in [-0.2, 0) is 11.3 Å². The first kappa shape index (κ1) is 15.2. The van der Waals surface area contributed by atoms with Crippen molar-refractivity contribution < 1.29 is 24.2 Å². The predicted molar refractivity (Wildman–Crippen MR) is 73.0 cm³/mol. The van der Waals surface area contributed by atoms with Crippen molar-refractivity contribution in [2.24, 2.45) is 0 Å². The van der Waals surface area contributed by atoms with Crippen molar-refractivity contribution in [3.63, 3.8) is 0 Å². The molecule has 0 fully saturated rings. The number of rotatable bonds is 6. The highest BCUT2D eigenvalue weighted by Gasteiger charge is 2.17. The Morgan fingerprint density at radius 3 is 2.64 bits per heavy atom. The summed E-state index contributed by atoms with van der Waals surface area (Å²) in [5, 5.41) is 22.0. The quantitative estimate of drug-likeness (QED) is 0.764. The van der Waals surface area contributed by atoms with Crippen LogP contribution in [0.2, 0.25) is 0 Å². The van der Waals surface area contributed by atoms with Crippen molar-refractivity contribution in [1.82, 2.24) is 20.2 Å². The van der Waals surface area contributed by atoms with Crippen molar-refractivity contribution in [1.29, 1.82) is 0 Å². The minimum Gasteiger partial charge on any atom is -0.493 e. The van der Waals surface area contributed by atoms with Gasteiger partial charge in [-0.1, -0.05) is 0 Å². The van der Waals surface area contributed by atoms with Gasteiger partial charge in [0.25, 0.3) is 0 Å². The highest BCUT2D eigenvalue weighted by Crippen LogP contribution is 2.36. The van der Waals surface area contributed by atoms with E-state index in [0.717, 1.165) is 0 Å². The largest absolute Gasteiger partial charge is 0.493 e. The molecule has 2 N–H and O–H groups in total. The average Bonchev–Trinajstić information content (AvgIpc) is 2.98. The summed E-state index contributed by atoms with van der Waals surface area (Å²) in [5.74, 6) is -1.19. The number of carboxylic acids is 1. The molecule has 116 valence electrons. The third kappa shape index (κ3) is 3.29. The van der Waals surface area contributed by atoms with E-state index in [0.29, 0.717) is 0 Å². The topological polar surface area (TPSA) is 128 Å². The fourth-order valence-corrected chi connectivity index (χ4v) is 1.77. The minimum atomic E-state index is -1.16. The van der Waals surface area contributed by atoms with Crippen LogP contribution in [-0.4, -0.2) is 51.4 Å². The second-order valence-corrected chi connectivity index (χ2v) is 4.12. The van der Waals surface area contributed by atoms with Crippen molar-refractivity contribution in [3.8, 4) is 11.5 Å². The van der Waals surface area contributed by atoms with Gasteiger partial charge in [0.05, 0.1) is 25.5 Å². The van der Waals surface area contributed by atoms with Crippen molar-refractivity contribution in [2.45, 2.75) is 6.54 Å². The molecule has 0 aliphatic rings. The summed E-state index contributed by atoms with van der Waals surface area (Å²) in [5.41, 5.74) is 0.132. The molecule has 2 aromatic rings. The van der Waals surface area contributed by atoms with Gasteiger partial charge < -0.3 is 19.9 Å². The molecule has 0 atom stereocenters. The number of carboxylic acid groups (broad SMARTS) is 1. The van der Waals surface area contributed by atoms with Crippen molar-refractivity contribution in [2.75, 3.05) is 19.5 Å². The summed E-state index contributed by atoms with van der Waals surface area (Å²) in [6.45, 7) is -0.129. The number of nitrogens with one attached hydrogen (secondary N) is 1. The van der Waals surface area contributed by atoms with Gasteiger partial charge >= 0.3 is 5.97 Å². The van der Waals surface area contributed by atoms with Gasteiger partial charge in [-0.2, -0.15) is 0 Å². The zero-order valence-corrected chi connectivity index (χ0v) is 11.8. The van der Waals surface area contributed by atoms with Gasteiger partial charge in [-0.25, -0.2) is 9.48 Å². The van der Waals surface area contributed by atoms with Gasteiger partial charge in [0.15, 0.2) is 11.5 Å². The Morgan fingerprint density at radius 2 is 2.09 bits per heavy atom. The fourth-order valence-electron chi connectivity index (χ4n) is 1.77. The second-order valence-electron chi connectivity index (χ2n) is 4.12.